The molecule has 1 aliphatic carbocycles. The van der Waals surface area contributed by atoms with E-state index in [4.69, 9.17) is 0 Å². The van der Waals surface area contributed by atoms with Crippen molar-refractivity contribution in [1.82, 2.24) is 9.97 Å². The maximum absolute atomic E-state index is 13.3. The van der Waals surface area contributed by atoms with Gasteiger partial charge in [0.1, 0.15) is 0 Å². The Kier molecular flexibility index (Phi) is 5.90. The summed E-state index contributed by atoms with van der Waals surface area (Å²) in [6.07, 6.45) is 15.4. The van der Waals surface area contributed by atoms with Gasteiger partial charge in [0.2, 0.25) is 0 Å². The summed E-state index contributed by atoms with van der Waals surface area (Å²) in [5.41, 5.74) is 1.64. The summed E-state index contributed by atoms with van der Waals surface area (Å²) >= 11 is 0. The van der Waals surface area contributed by atoms with Gasteiger partial charge in [-0.15, -0.1) is 0 Å². The molecule has 1 saturated carbocycles. The van der Waals surface area contributed by atoms with Crippen LogP contribution >= 0.6 is 0 Å². The summed E-state index contributed by atoms with van der Waals surface area (Å²) in [4.78, 5) is 8.72. The second-order valence-electron chi connectivity index (χ2n) is 6.80. The predicted molar refractivity (Wildman–Crippen MR) is 96.1 cm³/mol. The van der Waals surface area contributed by atoms with Gasteiger partial charge in [0.05, 0.1) is 0 Å². The first-order chi connectivity index (χ1) is 12.2. The average Bonchev–Trinajstić information content (AvgIpc) is 2.65. The Morgan fingerprint density at radius 2 is 1.76 bits per heavy atom. The summed E-state index contributed by atoms with van der Waals surface area (Å²) in [5.74, 6) is -0.108. The largest absolute Gasteiger partial charge is 0.236 e. The number of unbranched alkanes of at least 4 members (excludes halogenated alkanes) is 1. The molecule has 0 unspecified atom stereocenters. The topological polar surface area (TPSA) is 25.8 Å². The van der Waals surface area contributed by atoms with E-state index in [2.05, 4.69) is 29.0 Å². The van der Waals surface area contributed by atoms with E-state index in [0.29, 0.717) is 23.2 Å². The molecule has 0 spiro atoms. The zero-order valence-electron chi connectivity index (χ0n) is 14.6. The molecule has 0 amide bonds. The summed E-state index contributed by atoms with van der Waals surface area (Å²) in [6, 6.07) is 3.74. The number of rotatable bonds is 5. The van der Waals surface area contributed by atoms with Crippen molar-refractivity contribution < 1.29 is 8.78 Å². The first-order valence-electron chi connectivity index (χ1n) is 9.11. The maximum atomic E-state index is 13.3. The van der Waals surface area contributed by atoms with E-state index in [1.807, 2.05) is 12.4 Å². The van der Waals surface area contributed by atoms with Gasteiger partial charge >= 0.3 is 0 Å². The van der Waals surface area contributed by atoms with E-state index in [-0.39, 0.29) is 0 Å². The van der Waals surface area contributed by atoms with E-state index in [9.17, 15) is 8.78 Å². The molecular formula is C21H24F2N2. The van der Waals surface area contributed by atoms with Crippen molar-refractivity contribution in [2.45, 2.75) is 51.4 Å². The van der Waals surface area contributed by atoms with Crippen molar-refractivity contribution in [2.24, 2.45) is 5.92 Å². The second kappa shape index (κ2) is 8.32. The number of hydrogen-bond acceptors (Lipinski definition) is 2. The quantitative estimate of drug-likeness (QED) is 0.618. The number of nitrogens with zero attached hydrogens (tertiary/aromatic N) is 2. The Labute approximate surface area is 148 Å². The van der Waals surface area contributed by atoms with E-state index in [1.54, 1.807) is 0 Å². The highest BCUT2D eigenvalue weighted by Crippen LogP contribution is 2.36. The monoisotopic (exact) mass is 342 g/mol. The van der Waals surface area contributed by atoms with E-state index >= 15 is 0 Å². The van der Waals surface area contributed by atoms with Crippen LogP contribution in [-0.4, -0.2) is 9.97 Å². The zero-order valence-corrected chi connectivity index (χ0v) is 14.6. The third-order valence-electron chi connectivity index (χ3n) is 4.96. The first kappa shape index (κ1) is 17.7. The average molecular weight is 342 g/mol. The summed E-state index contributed by atoms with van der Waals surface area (Å²) in [5, 5.41) is 0. The second-order valence-corrected chi connectivity index (χ2v) is 6.80. The molecule has 1 aliphatic rings. The normalized spacial score (nSPS) is 20.9. The Bertz CT molecular complexity index is 717. The molecule has 4 heteroatoms. The number of aromatic nitrogens is 2. The fourth-order valence-corrected chi connectivity index (χ4v) is 3.43. The minimum atomic E-state index is -0.875. The standard InChI is InChI=1S/C21H24F2N2/c1-2-3-4-5-15-6-8-16(9-7-15)18-13-24-21(25-14-18)17-10-11-19(22)20(23)12-17/h4-5,10-16H,2-3,6-9H2,1H3/b5-4+/t15-,16-. The van der Waals surface area contributed by atoms with Crippen molar-refractivity contribution in [3.63, 3.8) is 0 Å². The summed E-state index contributed by atoms with van der Waals surface area (Å²) < 4.78 is 26.4. The maximum Gasteiger partial charge on any atom is 0.159 e. The molecule has 0 atom stereocenters. The van der Waals surface area contributed by atoms with Gasteiger partial charge in [0.25, 0.3) is 0 Å². The van der Waals surface area contributed by atoms with Crippen molar-refractivity contribution >= 4 is 0 Å². The highest BCUT2D eigenvalue weighted by Gasteiger charge is 2.21. The molecule has 2 aromatic rings. The number of allylic oxidation sites excluding steroid dienone is 2. The third kappa shape index (κ3) is 4.50. The van der Waals surface area contributed by atoms with Gasteiger partial charge in [0, 0.05) is 18.0 Å². The number of benzene rings is 1. The van der Waals surface area contributed by atoms with E-state index in [0.717, 1.165) is 30.5 Å². The van der Waals surface area contributed by atoms with Crippen molar-refractivity contribution in [1.29, 1.82) is 0 Å². The lowest BCUT2D eigenvalue weighted by Gasteiger charge is -2.26. The molecule has 1 fully saturated rings. The van der Waals surface area contributed by atoms with Crippen LogP contribution in [0.4, 0.5) is 8.78 Å². The molecule has 132 valence electrons. The van der Waals surface area contributed by atoms with Crippen LogP contribution in [0.25, 0.3) is 11.4 Å². The lowest BCUT2D eigenvalue weighted by atomic mass is 9.79. The van der Waals surface area contributed by atoms with Crippen LogP contribution in [-0.2, 0) is 0 Å². The van der Waals surface area contributed by atoms with Gasteiger partial charge in [0.15, 0.2) is 17.5 Å². The molecule has 0 aliphatic heterocycles. The minimum absolute atomic E-state index is 0.429. The summed E-state index contributed by atoms with van der Waals surface area (Å²) in [7, 11) is 0. The van der Waals surface area contributed by atoms with Crippen LogP contribution in [0.5, 0.6) is 0 Å². The number of hydrogen-bond donors (Lipinski definition) is 0. The fraction of sp³-hybridized carbons (Fsp3) is 0.429. The molecule has 3 rings (SSSR count). The van der Waals surface area contributed by atoms with Crippen LogP contribution in [0, 0.1) is 17.6 Å². The first-order valence-corrected chi connectivity index (χ1v) is 9.11. The van der Waals surface area contributed by atoms with Crippen molar-refractivity contribution in [3.05, 3.63) is 59.9 Å². The van der Waals surface area contributed by atoms with Crippen LogP contribution < -0.4 is 0 Å². The minimum Gasteiger partial charge on any atom is -0.236 e. The fourth-order valence-electron chi connectivity index (χ4n) is 3.43. The lowest BCUT2D eigenvalue weighted by Crippen LogP contribution is -2.12. The Balaban J connectivity index is 1.62. The molecule has 1 aromatic carbocycles. The van der Waals surface area contributed by atoms with E-state index in [1.165, 1.54) is 31.7 Å². The molecule has 0 bridgehead atoms. The van der Waals surface area contributed by atoms with Crippen molar-refractivity contribution in [2.75, 3.05) is 0 Å². The molecule has 0 saturated heterocycles. The van der Waals surface area contributed by atoms with Gasteiger partial charge in [-0.3, -0.25) is 0 Å². The van der Waals surface area contributed by atoms with Crippen molar-refractivity contribution in [3.8, 4) is 11.4 Å². The van der Waals surface area contributed by atoms with Gasteiger partial charge in [-0.2, -0.15) is 0 Å². The van der Waals surface area contributed by atoms with Gasteiger partial charge in [-0.1, -0.05) is 25.5 Å². The third-order valence-corrected chi connectivity index (χ3v) is 4.96. The van der Waals surface area contributed by atoms with Gasteiger partial charge in [-0.25, -0.2) is 18.7 Å². The lowest BCUT2D eigenvalue weighted by molar-refractivity contribution is 0.374. The molecule has 1 heterocycles. The highest BCUT2D eigenvalue weighted by atomic mass is 19.2. The predicted octanol–water partition coefficient (Wildman–Crippen LogP) is 6.05. The van der Waals surface area contributed by atoms with E-state index < -0.39 is 11.6 Å². The zero-order chi connectivity index (χ0) is 17.6. The molecule has 25 heavy (non-hydrogen) atoms. The molecule has 1 aromatic heterocycles. The Morgan fingerprint density at radius 1 is 1.04 bits per heavy atom. The van der Waals surface area contributed by atoms with Gasteiger partial charge < -0.3 is 0 Å². The highest BCUT2D eigenvalue weighted by molar-refractivity contribution is 5.54. The smallest absolute Gasteiger partial charge is 0.159 e. The molecular weight excluding hydrogens is 318 g/mol. The van der Waals surface area contributed by atoms with Gasteiger partial charge in [-0.05, 0) is 67.7 Å². The summed E-state index contributed by atoms with van der Waals surface area (Å²) in [6.45, 7) is 2.20. The van der Waals surface area contributed by atoms with Crippen LogP contribution in [0.3, 0.4) is 0 Å². The molecule has 0 radical (unpaired) electrons. The van der Waals surface area contributed by atoms with Crippen LogP contribution in [0.1, 0.15) is 56.9 Å². The Morgan fingerprint density at radius 3 is 2.40 bits per heavy atom. The SMILES string of the molecule is CCC/C=C/[C@H]1CC[C@H](c2cnc(-c3ccc(F)c(F)c3)nc2)CC1. The van der Waals surface area contributed by atoms with Crippen LogP contribution in [0.15, 0.2) is 42.7 Å². The van der Waals surface area contributed by atoms with Crippen LogP contribution in [0.2, 0.25) is 0 Å². The molecule has 2 nitrogen and oxygen atoms in total. The molecule has 0 N–H and O–H groups in total. The Hall–Kier alpha value is -2.10. The number of halogens is 2.